The van der Waals surface area contributed by atoms with Crippen LogP contribution in [0, 0.1) is 0 Å². The van der Waals surface area contributed by atoms with Crippen LogP contribution < -0.4 is 14.8 Å². The lowest BCUT2D eigenvalue weighted by molar-refractivity contribution is 0.102. The molecule has 1 amide bonds. The highest BCUT2D eigenvalue weighted by molar-refractivity contribution is 7.94. The van der Waals surface area contributed by atoms with E-state index < -0.39 is 15.9 Å². The minimum atomic E-state index is -3.94. The maximum Gasteiger partial charge on any atom is 0.291 e. The van der Waals surface area contributed by atoms with Crippen molar-refractivity contribution < 1.29 is 17.9 Å². The summed E-state index contributed by atoms with van der Waals surface area (Å²) in [6, 6.07) is 15.1. The molecule has 140 valence electrons. The van der Waals surface area contributed by atoms with Gasteiger partial charge in [-0.3, -0.25) is 14.8 Å². The van der Waals surface area contributed by atoms with Crippen LogP contribution in [0.5, 0.6) is 5.75 Å². The van der Waals surface area contributed by atoms with E-state index in [1.165, 1.54) is 0 Å². The van der Waals surface area contributed by atoms with Crippen molar-refractivity contribution in [2.45, 2.75) is 11.3 Å². The van der Waals surface area contributed by atoms with Gasteiger partial charge in [0.2, 0.25) is 5.13 Å². The first kappa shape index (κ1) is 18.8. The van der Waals surface area contributed by atoms with Crippen LogP contribution in [-0.2, 0) is 10.0 Å². The third-order valence-electron chi connectivity index (χ3n) is 3.29. The van der Waals surface area contributed by atoms with E-state index in [-0.39, 0.29) is 9.47 Å². The minimum absolute atomic E-state index is 0.0901. The molecule has 0 atom stereocenters. The molecule has 1 heterocycles. The topological polar surface area (TPSA) is 110 Å². The molecule has 8 nitrogen and oxygen atoms in total. The Morgan fingerprint density at radius 1 is 1.11 bits per heavy atom. The molecule has 0 saturated carbocycles. The van der Waals surface area contributed by atoms with Crippen molar-refractivity contribution in [2.24, 2.45) is 0 Å². The number of hydrogen-bond acceptors (Lipinski definition) is 7. The summed E-state index contributed by atoms with van der Waals surface area (Å²) in [7, 11) is -3.94. The Morgan fingerprint density at radius 2 is 1.89 bits per heavy atom. The fourth-order valence-electron chi connectivity index (χ4n) is 2.14. The smallest absolute Gasteiger partial charge is 0.291 e. The number of carbonyl (C=O) groups excluding carboxylic acids is 1. The van der Waals surface area contributed by atoms with Crippen molar-refractivity contribution in [3.8, 4) is 5.75 Å². The summed E-state index contributed by atoms with van der Waals surface area (Å²) in [5, 5.41) is 10.0. The molecule has 3 rings (SSSR count). The highest BCUT2D eigenvalue weighted by atomic mass is 32.2. The Kier molecular flexibility index (Phi) is 5.67. The van der Waals surface area contributed by atoms with Crippen LogP contribution in [0.2, 0.25) is 0 Å². The number of sulfonamides is 1. The first-order valence-electron chi connectivity index (χ1n) is 7.93. The van der Waals surface area contributed by atoms with Crippen LogP contribution in [0.25, 0.3) is 0 Å². The zero-order chi connectivity index (χ0) is 19.3. The maximum atomic E-state index is 12.5. The number of rotatable bonds is 7. The molecule has 0 radical (unpaired) electrons. The third-order valence-corrected chi connectivity index (χ3v) is 5.88. The molecule has 0 saturated heterocycles. The van der Waals surface area contributed by atoms with Crippen molar-refractivity contribution in [1.82, 2.24) is 10.2 Å². The lowest BCUT2D eigenvalue weighted by Gasteiger charge is -2.07. The minimum Gasteiger partial charge on any atom is -0.494 e. The Hall–Kier alpha value is -2.98. The number of ether oxygens (including phenoxy) is 1. The Bertz CT molecular complexity index is 1040. The Balaban J connectivity index is 1.73. The van der Waals surface area contributed by atoms with Gasteiger partial charge in [-0.1, -0.05) is 35.6 Å². The van der Waals surface area contributed by atoms with Crippen molar-refractivity contribution in [2.75, 3.05) is 16.6 Å². The quantitative estimate of drug-likeness (QED) is 0.586. The highest BCUT2D eigenvalue weighted by Gasteiger charge is 2.21. The van der Waals surface area contributed by atoms with Crippen LogP contribution in [0.15, 0.2) is 58.9 Å². The molecule has 0 aliphatic carbocycles. The first-order valence-corrected chi connectivity index (χ1v) is 10.2. The number of nitrogens with one attached hydrogen (secondary N) is 2. The van der Waals surface area contributed by atoms with Gasteiger partial charge in [-0.25, -0.2) is 0 Å². The number of carbonyl (C=O) groups is 1. The number of nitrogens with zero attached hydrogens (tertiary/aromatic N) is 2. The van der Waals surface area contributed by atoms with Crippen LogP contribution in [0.1, 0.15) is 17.3 Å². The van der Waals surface area contributed by atoms with Crippen molar-refractivity contribution in [3.05, 3.63) is 60.2 Å². The Morgan fingerprint density at radius 3 is 2.63 bits per heavy atom. The maximum absolute atomic E-state index is 12.5. The van der Waals surface area contributed by atoms with E-state index in [2.05, 4.69) is 20.2 Å². The second-order valence-corrected chi connectivity index (χ2v) is 8.09. The molecule has 2 aromatic carbocycles. The lowest BCUT2D eigenvalue weighted by Crippen LogP contribution is -2.12. The fourth-order valence-corrected chi connectivity index (χ4v) is 4.09. The average molecular weight is 404 g/mol. The van der Waals surface area contributed by atoms with Gasteiger partial charge in [0.1, 0.15) is 5.75 Å². The molecular formula is C17H16N4O4S2. The van der Waals surface area contributed by atoms with Gasteiger partial charge in [0.15, 0.2) is 0 Å². The van der Waals surface area contributed by atoms with E-state index >= 15 is 0 Å². The largest absolute Gasteiger partial charge is 0.494 e. The van der Waals surface area contributed by atoms with Gasteiger partial charge in [-0.2, -0.15) is 8.42 Å². The van der Waals surface area contributed by atoms with Crippen molar-refractivity contribution in [1.29, 1.82) is 0 Å². The molecule has 27 heavy (non-hydrogen) atoms. The van der Waals surface area contributed by atoms with Gasteiger partial charge in [0, 0.05) is 11.6 Å². The van der Waals surface area contributed by atoms with E-state index in [1.54, 1.807) is 54.6 Å². The number of amides is 1. The molecule has 3 aromatic rings. The summed E-state index contributed by atoms with van der Waals surface area (Å²) >= 11 is 0.761. The van der Waals surface area contributed by atoms with Gasteiger partial charge in [0.05, 0.1) is 12.3 Å². The van der Waals surface area contributed by atoms with Crippen LogP contribution in [0.4, 0.5) is 10.8 Å². The van der Waals surface area contributed by atoms with Gasteiger partial charge in [-0.05, 0) is 31.2 Å². The standard InChI is InChI=1S/C17H16N4O4S2/c1-2-25-14-10-6-9-13(11-14)21-27(23,24)17-20-19-16(26-17)18-15(22)12-7-4-3-5-8-12/h3-11,21H,2H2,1H3,(H,18,19,22). The van der Waals surface area contributed by atoms with Crippen molar-refractivity contribution >= 4 is 38.1 Å². The third kappa shape index (κ3) is 4.80. The summed E-state index contributed by atoms with van der Waals surface area (Å²) < 4.78 is 32.5. The summed E-state index contributed by atoms with van der Waals surface area (Å²) in [4.78, 5) is 12.1. The van der Waals surface area contributed by atoms with Crippen LogP contribution >= 0.6 is 11.3 Å². The SMILES string of the molecule is CCOc1cccc(NS(=O)(=O)c2nnc(NC(=O)c3ccccc3)s2)c1. The molecule has 0 aliphatic rings. The second kappa shape index (κ2) is 8.14. The zero-order valence-electron chi connectivity index (χ0n) is 14.2. The average Bonchev–Trinajstić information content (AvgIpc) is 3.12. The summed E-state index contributed by atoms with van der Waals surface area (Å²) in [5.74, 6) is 0.152. The number of aromatic nitrogens is 2. The van der Waals surface area contributed by atoms with Crippen molar-refractivity contribution in [3.63, 3.8) is 0 Å². The molecule has 0 aliphatic heterocycles. The van der Waals surface area contributed by atoms with E-state index in [0.29, 0.717) is 23.6 Å². The summed E-state index contributed by atoms with van der Waals surface area (Å²) in [5.41, 5.74) is 0.772. The van der Waals surface area contributed by atoms with E-state index in [0.717, 1.165) is 11.3 Å². The lowest BCUT2D eigenvalue weighted by atomic mass is 10.2. The molecule has 0 unspecified atom stereocenters. The molecular weight excluding hydrogens is 388 g/mol. The molecule has 0 spiro atoms. The van der Waals surface area contributed by atoms with Gasteiger partial charge in [0.25, 0.3) is 20.3 Å². The normalized spacial score (nSPS) is 11.0. The second-order valence-electron chi connectivity index (χ2n) is 5.26. The molecule has 10 heteroatoms. The van der Waals surface area contributed by atoms with Crippen LogP contribution in [0.3, 0.4) is 0 Å². The number of benzene rings is 2. The first-order chi connectivity index (χ1) is 13.0. The van der Waals surface area contributed by atoms with Gasteiger partial charge < -0.3 is 4.74 Å². The van der Waals surface area contributed by atoms with Gasteiger partial charge in [-0.15, -0.1) is 10.2 Å². The monoisotopic (exact) mass is 404 g/mol. The predicted octanol–water partition coefficient (Wildman–Crippen LogP) is 2.99. The van der Waals surface area contributed by atoms with Gasteiger partial charge >= 0.3 is 0 Å². The molecule has 0 fully saturated rings. The van der Waals surface area contributed by atoms with E-state index in [9.17, 15) is 13.2 Å². The summed E-state index contributed by atoms with van der Waals surface area (Å²) in [6.07, 6.45) is 0. The predicted molar refractivity (Wildman–Crippen MR) is 103 cm³/mol. The fraction of sp³-hybridized carbons (Fsp3) is 0.118. The van der Waals surface area contributed by atoms with Crippen LogP contribution in [-0.4, -0.2) is 31.1 Å². The summed E-state index contributed by atoms with van der Waals surface area (Å²) in [6.45, 7) is 2.31. The Labute approximate surface area is 160 Å². The van der Waals surface area contributed by atoms with E-state index in [4.69, 9.17) is 4.74 Å². The number of hydrogen-bond donors (Lipinski definition) is 2. The highest BCUT2D eigenvalue weighted by Crippen LogP contribution is 2.24. The molecule has 1 aromatic heterocycles. The zero-order valence-corrected chi connectivity index (χ0v) is 15.9. The van der Waals surface area contributed by atoms with E-state index in [1.807, 2.05) is 6.92 Å². The molecule has 0 bridgehead atoms. The molecule has 2 N–H and O–H groups in total. The number of anilines is 2.